The molecule has 0 bridgehead atoms. The van der Waals surface area contributed by atoms with Crippen LogP contribution in [0.3, 0.4) is 0 Å². The van der Waals surface area contributed by atoms with E-state index in [4.69, 9.17) is 11.6 Å². The number of aromatic nitrogens is 1. The highest BCUT2D eigenvalue weighted by molar-refractivity contribution is 8.13. The molecule has 0 fully saturated rings. The average molecular weight is 346 g/mol. The second-order valence-corrected chi connectivity index (χ2v) is 7.41. The average Bonchev–Trinajstić information content (AvgIpc) is 2.97. The Morgan fingerprint density at radius 3 is 3.09 bits per heavy atom. The van der Waals surface area contributed by atoms with Crippen molar-refractivity contribution >= 4 is 55.6 Å². The molecule has 0 aliphatic carbocycles. The summed E-state index contributed by atoms with van der Waals surface area (Å²) in [4.78, 5) is 9.99. The van der Waals surface area contributed by atoms with Gasteiger partial charge < -0.3 is 5.32 Å². The molecule has 3 nitrogen and oxygen atoms in total. The molecule has 6 heteroatoms. The van der Waals surface area contributed by atoms with Gasteiger partial charge in [-0.25, -0.2) is 4.98 Å². The Morgan fingerprint density at radius 2 is 2.18 bits per heavy atom. The van der Waals surface area contributed by atoms with Gasteiger partial charge in [0, 0.05) is 32.6 Å². The number of hydrogen-bond donors (Lipinski definition) is 1. The number of hydrogen-bond acceptors (Lipinski definition) is 5. The monoisotopic (exact) mass is 345 g/mol. The van der Waals surface area contributed by atoms with E-state index >= 15 is 0 Å². The third kappa shape index (κ3) is 2.72. The molecule has 3 heterocycles. The van der Waals surface area contributed by atoms with Gasteiger partial charge in [0.2, 0.25) is 0 Å². The van der Waals surface area contributed by atoms with Gasteiger partial charge in [-0.15, -0.1) is 11.3 Å². The molecule has 0 atom stereocenters. The van der Waals surface area contributed by atoms with Crippen LogP contribution in [0.25, 0.3) is 10.1 Å². The lowest BCUT2D eigenvalue weighted by Gasteiger charge is -2.17. The summed E-state index contributed by atoms with van der Waals surface area (Å²) in [6, 6.07) is 12.4. The summed E-state index contributed by atoms with van der Waals surface area (Å²) in [5, 5.41) is 5.98. The predicted octanol–water partition coefficient (Wildman–Crippen LogP) is 5.16. The zero-order chi connectivity index (χ0) is 14.9. The first kappa shape index (κ1) is 14.1. The van der Waals surface area contributed by atoms with E-state index in [0.717, 1.165) is 28.5 Å². The normalized spacial score (nSPS) is 13.6. The lowest BCUT2D eigenvalue weighted by molar-refractivity contribution is 1.06. The van der Waals surface area contributed by atoms with Gasteiger partial charge in [0.25, 0.3) is 0 Å². The van der Waals surface area contributed by atoms with Crippen molar-refractivity contribution in [1.29, 1.82) is 0 Å². The minimum atomic E-state index is 0.576. The number of benzene rings is 1. The Labute approximate surface area is 141 Å². The molecular weight excluding hydrogens is 334 g/mol. The SMILES string of the molecule is Clc1nccc2sc(CSC3=NCc4ccccc4N3)cc12. The molecule has 110 valence electrons. The fourth-order valence-electron chi connectivity index (χ4n) is 2.37. The van der Waals surface area contributed by atoms with Gasteiger partial charge in [0.1, 0.15) is 5.15 Å². The lowest BCUT2D eigenvalue weighted by atomic mass is 10.1. The van der Waals surface area contributed by atoms with Crippen LogP contribution < -0.4 is 5.32 Å². The Bertz CT molecular complexity index is 873. The van der Waals surface area contributed by atoms with Gasteiger partial charge in [-0.2, -0.15) is 0 Å². The van der Waals surface area contributed by atoms with Crippen molar-refractivity contribution in [2.75, 3.05) is 5.32 Å². The zero-order valence-corrected chi connectivity index (χ0v) is 13.9. The van der Waals surface area contributed by atoms with Crippen molar-refractivity contribution in [3.8, 4) is 0 Å². The number of aliphatic imine (C=N–C) groups is 1. The van der Waals surface area contributed by atoms with E-state index in [9.17, 15) is 0 Å². The van der Waals surface area contributed by atoms with Gasteiger partial charge in [0.15, 0.2) is 5.17 Å². The van der Waals surface area contributed by atoms with E-state index in [1.54, 1.807) is 29.3 Å². The molecule has 0 saturated heterocycles. The van der Waals surface area contributed by atoms with Crippen molar-refractivity contribution in [1.82, 2.24) is 4.98 Å². The van der Waals surface area contributed by atoms with Gasteiger partial charge in [0.05, 0.1) is 6.54 Å². The van der Waals surface area contributed by atoms with Crippen molar-refractivity contribution in [3.05, 3.63) is 58.2 Å². The summed E-state index contributed by atoms with van der Waals surface area (Å²) in [7, 11) is 0. The maximum absolute atomic E-state index is 6.13. The number of amidine groups is 1. The number of halogens is 1. The van der Waals surface area contributed by atoms with Crippen LogP contribution in [0.5, 0.6) is 0 Å². The fourth-order valence-corrected chi connectivity index (χ4v) is 4.60. The van der Waals surface area contributed by atoms with E-state index < -0.39 is 0 Å². The number of rotatable bonds is 2. The molecule has 4 rings (SSSR count). The Hall–Kier alpha value is -1.56. The number of nitrogens with one attached hydrogen (secondary N) is 1. The Morgan fingerprint density at radius 1 is 1.27 bits per heavy atom. The van der Waals surface area contributed by atoms with Crippen molar-refractivity contribution in [3.63, 3.8) is 0 Å². The molecule has 1 aliphatic heterocycles. The molecular formula is C16H12ClN3S2. The van der Waals surface area contributed by atoms with E-state index in [0.29, 0.717) is 5.15 Å². The molecule has 0 unspecified atom stereocenters. The first-order valence-electron chi connectivity index (χ1n) is 6.85. The van der Waals surface area contributed by atoms with Crippen LogP contribution in [-0.4, -0.2) is 10.2 Å². The number of anilines is 1. The maximum atomic E-state index is 6.13. The highest BCUT2D eigenvalue weighted by Crippen LogP contribution is 2.32. The smallest absolute Gasteiger partial charge is 0.161 e. The topological polar surface area (TPSA) is 37.3 Å². The molecule has 0 spiro atoms. The van der Waals surface area contributed by atoms with E-state index in [1.165, 1.54) is 15.1 Å². The molecule has 1 aromatic carbocycles. The second kappa shape index (κ2) is 5.91. The standard InChI is InChI=1S/C16H12ClN3S2/c17-15-12-7-11(22-14(12)5-6-18-15)9-21-16-19-8-10-3-1-2-4-13(10)20-16/h1-7H,8-9H2,(H,19,20). The molecule has 0 amide bonds. The van der Waals surface area contributed by atoms with E-state index in [-0.39, 0.29) is 0 Å². The summed E-state index contributed by atoms with van der Waals surface area (Å²) in [5.41, 5.74) is 2.40. The lowest BCUT2D eigenvalue weighted by Crippen LogP contribution is -2.14. The third-order valence-corrected chi connectivity index (χ3v) is 6.00. The minimum absolute atomic E-state index is 0.576. The molecule has 0 radical (unpaired) electrons. The molecule has 1 N–H and O–H groups in total. The number of thiophene rings is 1. The van der Waals surface area contributed by atoms with Crippen molar-refractivity contribution in [2.45, 2.75) is 12.3 Å². The van der Waals surface area contributed by atoms with Gasteiger partial charge in [-0.1, -0.05) is 41.6 Å². The summed E-state index contributed by atoms with van der Waals surface area (Å²) in [5.74, 6) is 0.879. The Kier molecular flexibility index (Phi) is 3.78. The van der Waals surface area contributed by atoms with Gasteiger partial charge >= 0.3 is 0 Å². The number of nitrogens with zero attached hydrogens (tertiary/aromatic N) is 2. The van der Waals surface area contributed by atoms with Gasteiger partial charge in [-0.3, -0.25) is 4.99 Å². The first-order valence-corrected chi connectivity index (χ1v) is 9.03. The summed E-state index contributed by atoms with van der Waals surface area (Å²) < 4.78 is 1.18. The molecule has 0 saturated carbocycles. The van der Waals surface area contributed by atoms with Crippen LogP contribution in [0.15, 0.2) is 47.6 Å². The number of thioether (sulfide) groups is 1. The third-order valence-electron chi connectivity index (χ3n) is 3.45. The second-order valence-electron chi connectivity index (χ2n) is 4.92. The largest absolute Gasteiger partial charge is 0.335 e. The highest BCUT2D eigenvalue weighted by Gasteiger charge is 2.12. The quantitative estimate of drug-likeness (QED) is 0.651. The molecule has 22 heavy (non-hydrogen) atoms. The van der Waals surface area contributed by atoms with Crippen LogP contribution >= 0.6 is 34.7 Å². The summed E-state index contributed by atoms with van der Waals surface area (Å²) >= 11 is 9.61. The van der Waals surface area contributed by atoms with Gasteiger partial charge in [-0.05, 0) is 23.8 Å². The van der Waals surface area contributed by atoms with Crippen molar-refractivity contribution in [2.24, 2.45) is 4.99 Å². The fraction of sp³-hybridized carbons (Fsp3) is 0.125. The van der Waals surface area contributed by atoms with Crippen LogP contribution in [0, 0.1) is 0 Å². The van der Waals surface area contributed by atoms with E-state index in [2.05, 4.69) is 33.5 Å². The highest BCUT2D eigenvalue weighted by atomic mass is 35.5. The Balaban J connectivity index is 1.48. The number of para-hydroxylation sites is 1. The predicted molar refractivity (Wildman–Crippen MR) is 97.1 cm³/mol. The summed E-state index contributed by atoms with van der Waals surface area (Å²) in [6.07, 6.45) is 1.75. The van der Waals surface area contributed by atoms with Crippen molar-refractivity contribution < 1.29 is 0 Å². The van der Waals surface area contributed by atoms with Crippen LogP contribution in [0.1, 0.15) is 10.4 Å². The van der Waals surface area contributed by atoms with Crippen LogP contribution in [0.4, 0.5) is 5.69 Å². The molecule has 3 aromatic rings. The molecule has 1 aliphatic rings. The van der Waals surface area contributed by atoms with Crippen LogP contribution in [-0.2, 0) is 12.3 Å². The maximum Gasteiger partial charge on any atom is 0.161 e. The summed E-state index contributed by atoms with van der Waals surface area (Å²) in [6.45, 7) is 0.744. The first-order chi connectivity index (χ1) is 10.8. The number of fused-ring (bicyclic) bond motifs is 2. The number of pyridine rings is 1. The minimum Gasteiger partial charge on any atom is -0.335 e. The van der Waals surface area contributed by atoms with Crippen LogP contribution in [0.2, 0.25) is 5.15 Å². The van der Waals surface area contributed by atoms with E-state index in [1.807, 2.05) is 18.2 Å². The molecule has 2 aromatic heterocycles. The zero-order valence-electron chi connectivity index (χ0n) is 11.5.